The third-order valence-electron chi connectivity index (χ3n) is 3.52. The molecule has 1 aliphatic carbocycles. The standard InChI is InChI=1S/C16H18F2N2O2/c17-16(18)8-6-12(13(11-16)4-5-15(21)22)7-10-20-14-3-1-2-9-19-14/h1-5,9H,6-8,10-11H2,(H,19,20)(H,21,22)/b5-4+. The van der Waals surface area contributed by atoms with Crippen molar-refractivity contribution in [1.29, 1.82) is 0 Å². The van der Waals surface area contributed by atoms with Crippen LogP contribution in [0.25, 0.3) is 0 Å². The number of hydrogen-bond acceptors (Lipinski definition) is 3. The second-order valence-electron chi connectivity index (χ2n) is 5.22. The lowest BCUT2D eigenvalue weighted by Crippen LogP contribution is -2.22. The zero-order valence-corrected chi connectivity index (χ0v) is 12.1. The summed E-state index contributed by atoms with van der Waals surface area (Å²) < 4.78 is 27.0. The molecule has 6 heteroatoms. The molecular formula is C16H18F2N2O2. The molecule has 0 unspecified atom stereocenters. The Labute approximate surface area is 127 Å². The molecule has 0 bridgehead atoms. The lowest BCUT2D eigenvalue weighted by molar-refractivity contribution is -0.131. The number of alkyl halides is 2. The van der Waals surface area contributed by atoms with E-state index in [-0.39, 0.29) is 12.8 Å². The first-order chi connectivity index (χ1) is 10.5. The molecule has 4 nitrogen and oxygen atoms in total. The van der Waals surface area contributed by atoms with Crippen LogP contribution in [0.1, 0.15) is 25.7 Å². The molecule has 0 spiro atoms. The highest BCUT2D eigenvalue weighted by Gasteiger charge is 2.34. The normalized spacial score (nSPS) is 17.7. The highest BCUT2D eigenvalue weighted by Crippen LogP contribution is 2.38. The topological polar surface area (TPSA) is 62.2 Å². The van der Waals surface area contributed by atoms with Crippen molar-refractivity contribution < 1.29 is 18.7 Å². The summed E-state index contributed by atoms with van der Waals surface area (Å²) in [5.41, 5.74) is 1.31. The number of rotatable bonds is 6. The molecule has 0 saturated heterocycles. The summed E-state index contributed by atoms with van der Waals surface area (Å²) in [5.74, 6) is -3.16. The van der Waals surface area contributed by atoms with Gasteiger partial charge in [-0.1, -0.05) is 17.7 Å². The summed E-state index contributed by atoms with van der Waals surface area (Å²) in [7, 11) is 0. The van der Waals surface area contributed by atoms with Gasteiger partial charge in [0.05, 0.1) is 0 Å². The van der Waals surface area contributed by atoms with Gasteiger partial charge < -0.3 is 10.4 Å². The van der Waals surface area contributed by atoms with Crippen LogP contribution in [0.5, 0.6) is 0 Å². The van der Waals surface area contributed by atoms with Crippen molar-refractivity contribution in [2.75, 3.05) is 11.9 Å². The average molecular weight is 308 g/mol. The summed E-state index contributed by atoms with van der Waals surface area (Å²) in [6.07, 6.45) is 4.19. The van der Waals surface area contributed by atoms with Crippen molar-refractivity contribution in [1.82, 2.24) is 4.98 Å². The first-order valence-corrected chi connectivity index (χ1v) is 7.11. The van der Waals surface area contributed by atoms with Gasteiger partial charge in [-0.15, -0.1) is 0 Å². The van der Waals surface area contributed by atoms with E-state index in [2.05, 4.69) is 10.3 Å². The number of nitrogens with zero attached hydrogens (tertiary/aromatic N) is 1. The van der Waals surface area contributed by atoms with Gasteiger partial charge in [-0.3, -0.25) is 0 Å². The van der Waals surface area contributed by atoms with Crippen LogP contribution in [-0.4, -0.2) is 28.5 Å². The van der Waals surface area contributed by atoms with Crippen LogP contribution >= 0.6 is 0 Å². The molecule has 1 aliphatic rings. The summed E-state index contributed by atoms with van der Waals surface area (Å²) in [6, 6.07) is 5.50. The number of halogens is 2. The largest absolute Gasteiger partial charge is 0.478 e. The molecule has 0 atom stereocenters. The molecule has 0 saturated carbocycles. The molecule has 2 N–H and O–H groups in total. The molecule has 1 aromatic heterocycles. The maximum absolute atomic E-state index is 13.5. The van der Waals surface area contributed by atoms with Crippen molar-refractivity contribution in [3.63, 3.8) is 0 Å². The molecule has 0 radical (unpaired) electrons. The SMILES string of the molecule is O=C(O)/C=C/C1=C(CCNc2ccccn2)CCC(F)(F)C1. The number of allylic oxidation sites excluding steroid dienone is 2. The van der Waals surface area contributed by atoms with Crippen LogP contribution in [0.15, 0.2) is 47.7 Å². The second kappa shape index (κ2) is 7.15. The van der Waals surface area contributed by atoms with E-state index >= 15 is 0 Å². The molecular weight excluding hydrogens is 290 g/mol. The van der Waals surface area contributed by atoms with Gasteiger partial charge in [0.1, 0.15) is 5.82 Å². The maximum Gasteiger partial charge on any atom is 0.328 e. The number of aliphatic carboxylic acids is 1. The van der Waals surface area contributed by atoms with E-state index in [4.69, 9.17) is 5.11 Å². The predicted octanol–water partition coefficient (Wildman–Crippen LogP) is 3.64. The van der Waals surface area contributed by atoms with Crippen LogP contribution in [0.3, 0.4) is 0 Å². The number of nitrogens with one attached hydrogen (secondary N) is 1. The lowest BCUT2D eigenvalue weighted by Gasteiger charge is -2.26. The third-order valence-corrected chi connectivity index (χ3v) is 3.52. The van der Waals surface area contributed by atoms with E-state index in [1.54, 1.807) is 6.20 Å². The number of aromatic nitrogens is 1. The van der Waals surface area contributed by atoms with Gasteiger partial charge in [0.2, 0.25) is 0 Å². The molecule has 1 heterocycles. The van der Waals surface area contributed by atoms with Crippen LogP contribution in [-0.2, 0) is 4.79 Å². The average Bonchev–Trinajstić information content (AvgIpc) is 2.47. The molecule has 22 heavy (non-hydrogen) atoms. The Morgan fingerprint density at radius 2 is 2.27 bits per heavy atom. The molecule has 118 valence electrons. The Morgan fingerprint density at radius 1 is 1.45 bits per heavy atom. The summed E-state index contributed by atoms with van der Waals surface area (Å²) in [5, 5.41) is 11.8. The number of carboxylic acids is 1. The second-order valence-corrected chi connectivity index (χ2v) is 5.22. The Balaban J connectivity index is 2.02. The number of pyridine rings is 1. The fourth-order valence-electron chi connectivity index (χ4n) is 2.43. The van der Waals surface area contributed by atoms with Crippen LogP contribution < -0.4 is 5.32 Å². The van der Waals surface area contributed by atoms with E-state index in [9.17, 15) is 13.6 Å². The van der Waals surface area contributed by atoms with Crippen molar-refractivity contribution in [2.24, 2.45) is 0 Å². The summed E-state index contributed by atoms with van der Waals surface area (Å²) >= 11 is 0. The molecule has 0 amide bonds. The maximum atomic E-state index is 13.5. The fourth-order valence-corrected chi connectivity index (χ4v) is 2.43. The minimum Gasteiger partial charge on any atom is -0.478 e. The quantitative estimate of drug-likeness (QED) is 0.788. The third kappa shape index (κ3) is 4.95. The molecule has 1 aromatic rings. The highest BCUT2D eigenvalue weighted by atomic mass is 19.3. The first kappa shape index (κ1) is 16.1. The van der Waals surface area contributed by atoms with E-state index in [0.717, 1.165) is 17.5 Å². The van der Waals surface area contributed by atoms with Crippen LogP contribution in [0, 0.1) is 0 Å². The van der Waals surface area contributed by atoms with E-state index < -0.39 is 18.3 Å². The minimum absolute atomic E-state index is 0.184. The number of anilines is 1. The number of carboxylic acid groups (broad SMARTS) is 1. The number of hydrogen-bond donors (Lipinski definition) is 2. The smallest absolute Gasteiger partial charge is 0.328 e. The van der Waals surface area contributed by atoms with Gasteiger partial charge in [-0.05, 0) is 30.5 Å². The van der Waals surface area contributed by atoms with Gasteiger partial charge in [0.25, 0.3) is 5.92 Å². The van der Waals surface area contributed by atoms with Gasteiger partial charge in [0, 0.05) is 31.7 Å². The predicted molar refractivity (Wildman–Crippen MR) is 79.9 cm³/mol. The van der Waals surface area contributed by atoms with Gasteiger partial charge in [-0.2, -0.15) is 0 Å². The summed E-state index contributed by atoms with van der Waals surface area (Å²) in [6.45, 7) is 0.572. The van der Waals surface area contributed by atoms with Crippen LogP contribution in [0.4, 0.5) is 14.6 Å². The Morgan fingerprint density at radius 3 is 2.95 bits per heavy atom. The Bertz CT molecular complexity index is 583. The first-order valence-electron chi connectivity index (χ1n) is 7.11. The fraction of sp³-hybridized carbons (Fsp3) is 0.375. The van der Waals surface area contributed by atoms with Gasteiger partial charge >= 0.3 is 5.97 Å². The van der Waals surface area contributed by atoms with E-state index in [1.807, 2.05) is 18.2 Å². The van der Waals surface area contributed by atoms with E-state index in [0.29, 0.717) is 18.5 Å². The van der Waals surface area contributed by atoms with Gasteiger partial charge in [0.15, 0.2) is 0 Å². The monoisotopic (exact) mass is 308 g/mol. The van der Waals surface area contributed by atoms with Gasteiger partial charge in [-0.25, -0.2) is 18.6 Å². The Kier molecular flexibility index (Phi) is 5.25. The minimum atomic E-state index is -2.75. The van der Waals surface area contributed by atoms with Crippen molar-refractivity contribution in [3.05, 3.63) is 47.7 Å². The Hall–Kier alpha value is -2.24. The van der Waals surface area contributed by atoms with Crippen molar-refractivity contribution in [2.45, 2.75) is 31.6 Å². The molecule has 2 rings (SSSR count). The molecule has 0 fully saturated rings. The molecule has 0 aromatic carbocycles. The number of carbonyl (C=O) groups is 1. The van der Waals surface area contributed by atoms with Crippen LogP contribution in [0.2, 0.25) is 0 Å². The lowest BCUT2D eigenvalue weighted by atomic mass is 9.87. The summed E-state index contributed by atoms with van der Waals surface area (Å²) in [4.78, 5) is 14.7. The molecule has 0 aliphatic heterocycles. The zero-order chi connectivity index (χ0) is 16.0. The van der Waals surface area contributed by atoms with E-state index in [1.165, 1.54) is 6.08 Å². The van der Waals surface area contributed by atoms with Crippen molar-refractivity contribution in [3.8, 4) is 0 Å². The van der Waals surface area contributed by atoms with Crippen molar-refractivity contribution >= 4 is 11.8 Å². The highest BCUT2D eigenvalue weighted by molar-refractivity contribution is 5.80. The zero-order valence-electron chi connectivity index (χ0n) is 12.1.